The molecule has 0 N–H and O–H groups in total. The van der Waals surface area contributed by atoms with Crippen LogP contribution in [0.2, 0.25) is 0 Å². The lowest BCUT2D eigenvalue weighted by molar-refractivity contribution is 0.0764. The van der Waals surface area contributed by atoms with Gasteiger partial charge in [-0.05, 0) is 49.6 Å². The molecule has 0 bridgehead atoms. The van der Waals surface area contributed by atoms with E-state index in [-0.39, 0.29) is 6.10 Å². The van der Waals surface area contributed by atoms with Crippen LogP contribution in [-0.4, -0.2) is 13.2 Å². The predicted molar refractivity (Wildman–Crippen MR) is 83.1 cm³/mol. The highest BCUT2D eigenvalue weighted by molar-refractivity contribution is 5.64. The van der Waals surface area contributed by atoms with Crippen LogP contribution in [0, 0.1) is 0 Å². The molecule has 0 saturated carbocycles. The van der Waals surface area contributed by atoms with E-state index in [2.05, 4.69) is 43.3 Å². The van der Waals surface area contributed by atoms with Crippen molar-refractivity contribution in [1.82, 2.24) is 0 Å². The van der Waals surface area contributed by atoms with Gasteiger partial charge in [0.1, 0.15) is 5.75 Å². The first-order valence-electron chi connectivity index (χ1n) is 7.19. The fourth-order valence-corrected chi connectivity index (χ4v) is 2.20. The molecular weight excluding hydrogens is 248 g/mol. The summed E-state index contributed by atoms with van der Waals surface area (Å²) in [6.07, 6.45) is 0.148. The third-order valence-corrected chi connectivity index (χ3v) is 3.30. The van der Waals surface area contributed by atoms with Gasteiger partial charge in [0.2, 0.25) is 0 Å². The maximum atomic E-state index is 5.60. The predicted octanol–water partition coefficient (Wildman–Crippen LogP) is 4.85. The molecule has 0 aromatic heterocycles. The molecule has 0 amide bonds. The van der Waals surface area contributed by atoms with E-state index in [0.717, 1.165) is 12.4 Å². The largest absolute Gasteiger partial charge is 0.494 e. The van der Waals surface area contributed by atoms with Gasteiger partial charge in [-0.2, -0.15) is 0 Å². The Morgan fingerprint density at radius 3 is 1.85 bits per heavy atom. The molecule has 2 rings (SSSR count). The van der Waals surface area contributed by atoms with E-state index in [0.29, 0.717) is 6.61 Å². The first-order chi connectivity index (χ1) is 9.74. The Bertz CT molecular complexity index is 514. The molecule has 2 aromatic carbocycles. The van der Waals surface area contributed by atoms with E-state index in [1.165, 1.54) is 16.7 Å². The molecule has 0 spiro atoms. The van der Waals surface area contributed by atoms with Crippen molar-refractivity contribution in [3.8, 4) is 16.9 Å². The molecule has 2 aromatic rings. The lowest BCUT2D eigenvalue weighted by atomic mass is 10.0. The number of ether oxygens (including phenoxy) is 2. The zero-order valence-electron chi connectivity index (χ0n) is 12.4. The van der Waals surface area contributed by atoms with Gasteiger partial charge in [-0.15, -0.1) is 0 Å². The van der Waals surface area contributed by atoms with Crippen molar-refractivity contribution in [2.45, 2.75) is 26.9 Å². The second-order valence-corrected chi connectivity index (χ2v) is 4.68. The summed E-state index contributed by atoms with van der Waals surface area (Å²) in [7, 11) is 0. The Morgan fingerprint density at radius 1 is 0.800 bits per heavy atom. The highest BCUT2D eigenvalue weighted by Gasteiger charge is 2.05. The van der Waals surface area contributed by atoms with E-state index in [1.807, 2.05) is 26.0 Å². The standard InChI is InChI=1S/C18H22O2/c1-4-19-14(3)15-6-8-16(9-7-15)17-10-12-18(13-11-17)20-5-2/h6-14H,4-5H2,1-3H3. The highest BCUT2D eigenvalue weighted by atomic mass is 16.5. The van der Waals surface area contributed by atoms with Crippen LogP contribution in [-0.2, 0) is 4.74 Å². The van der Waals surface area contributed by atoms with Gasteiger partial charge < -0.3 is 9.47 Å². The zero-order chi connectivity index (χ0) is 14.4. The number of hydrogen-bond donors (Lipinski definition) is 0. The quantitative estimate of drug-likeness (QED) is 0.747. The molecule has 2 nitrogen and oxygen atoms in total. The molecule has 1 unspecified atom stereocenters. The fourth-order valence-electron chi connectivity index (χ4n) is 2.20. The Morgan fingerprint density at radius 2 is 1.35 bits per heavy atom. The van der Waals surface area contributed by atoms with Crippen LogP contribution >= 0.6 is 0 Å². The Kier molecular flexibility index (Phi) is 5.19. The van der Waals surface area contributed by atoms with Crippen molar-refractivity contribution in [3.05, 3.63) is 54.1 Å². The first-order valence-corrected chi connectivity index (χ1v) is 7.19. The van der Waals surface area contributed by atoms with Gasteiger partial charge in [0.25, 0.3) is 0 Å². The van der Waals surface area contributed by atoms with Gasteiger partial charge in [-0.1, -0.05) is 36.4 Å². The van der Waals surface area contributed by atoms with Crippen molar-refractivity contribution >= 4 is 0 Å². The first kappa shape index (κ1) is 14.6. The summed E-state index contributed by atoms with van der Waals surface area (Å²) in [5, 5.41) is 0. The highest BCUT2D eigenvalue weighted by Crippen LogP contribution is 2.25. The number of hydrogen-bond acceptors (Lipinski definition) is 2. The molecule has 0 saturated heterocycles. The van der Waals surface area contributed by atoms with Gasteiger partial charge in [0.15, 0.2) is 0 Å². The van der Waals surface area contributed by atoms with Crippen LogP contribution in [0.5, 0.6) is 5.75 Å². The molecule has 0 fully saturated rings. The molecule has 0 aliphatic rings. The van der Waals surface area contributed by atoms with Crippen LogP contribution in [0.25, 0.3) is 11.1 Å². The summed E-state index contributed by atoms with van der Waals surface area (Å²) in [4.78, 5) is 0. The van der Waals surface area contributed by atoms with E-state index >= 15 is 0 Å². The van der Waals surface area contributed by atoms with Crippen LogP contribution in [0.15, 0.2) is 48.5 Å². The lowest BCUT2D eigenvalue weighted by Gasteiger charge is -2.12. The van der Waals surface area contributed by atoms with Crippen LogP contribution in [0.4, 0.5) is 0 Å². The molecule has 0 aliphatic carbocycles. The molecule has 0 heterocycles. The summed E-state index contributed by atoms with van der Waals surface area (Å²) < 4.78 is 11.1. The van der Waals surface area contributed by atoms with E-state index in [1.54, 1.807) is 0 Å². The summed E-state index contributed by atoms with van der Waals surface area (Å²) >= 11 is 0. The van der Waals surface area contributed by atoms with E-state index in [9.17, 15) is 0 Å². The summed E-state index contributed by atoms with van der Waals surface area (Å²) in [5.41, 5.74) is 3.62. The summed E-state index contributed by atoms with van der Waals surface area (Å²) in [6.45, 7) is 7.53. The Balaban J connectivity index is 2.13. The van der Waals surface area contributed by atoms with Crippen molar-refractivity contribution < 1.29 is 9.47 Å². The second-order valence-electron chi connectivity index (χ2n) is 4.68. The minimum Gasteiger partial charge on any atom is -0.494 e. The van der Waals surface area contributed by atoms with E-state index in [4.69, 9.17) is 9.47 Å². The van der Waals surface area contributed by atoms with Gasteiger partial charge in [0, 0.05) is 6.61 Å². The molecule has 1 atom stereocenters. The van der Waals surface area contributed by atoms with Crippen molar-refractivity contribution in [3.63, 3.8) is 0 Å². The molecule has 106 valence electrons. The van der Waals surface area contributed by atoms with Gasteiger partial charge >= 0.3 is 0 Å². The van der Waals surface area contributed by atoms with Crippen LogP contribution < -0.4 is 4.74 Å². The second kappa shape index (κ2) is 7.11. The zero-order valence-corrected chi connectivity index (χ0v) is 12.4. The molecular formula is C18H22O2. The molecule has 0 radical (unpaired) electrons. The lowest BCUT2D eigenvalue weighted by Crippen LogP contribution is -1.98. The van der Waals surface area contributed by atoms with E-state index < -0.39 is 0 Å². The van der Waals surface area contributed by atoms with Crippen LogP contribution in [0.3, 0.4) is 0 Å². The minimum atomic E-state index is 0.148. The molecule has 2 heteroatoms. The maximum absolute atomic E-state index is 5.60. The van der Waals surface area contributed by atoms with Gasteiger partial charge in [-0.25, -0.2) is 0 Å². The third kappa shape index (κ3) is 3.61. The van der Waals surface area contributed by atoms with Crippen LogP contribution in [0.1, 0.15) is 32.4 Å². The van der Waals surface area contributed by atoms with Crippen molar-refractivity contribution in [2.24, 2.45) is 0 Å². The van der Waals surface area contributed by atoms with Gasteiger partial charge in [0.05, 0.1) is 12.7 Å². The van der Waals surface area contributed by atoms with Gasteiger partial charge in [-0.3, -0.25) is 0 Å². The average molecular weight is 270 g/mol. The smallest absolute Gasteiger partial charge is 0.119 e. The Hall–Kier alpha value is -1.80. The number of benzene rings is 2. The third-order valence-electron chi connectivity index (χ3n) is 3.30. The summed E-state index contributed by atoms with van der Waals surface area (Å²) in [5.74, 6) is 0.915. The average Bonchev–Trinajstić information content (AvgIpc) is 2.49. The SMILES string of the molecule is CCOc1ccc(-c2ccc(C(C)OCC)cc2)cc1. The minimum absolute atomic E-state index is 0.148. The molecule has 20 heavy (non-hydrogen) atoms. The molecule has 0 aliphatic heterocycles. The number of rotatable bonds is 6. The summed E-state index contributed by atoms with van der Waals surface area (Å²) in [6, 6.07) is 16.7. The maximum Gasteiger partial charge on any atom is 0.119 e. The van der Waals surface area contributed by atoms with Crippen molar-refractivity contribution in [1.29, 1.82) is 0 Å². The Labute approximate surface area is 121 Å². The van der Waals surface area contributed by atoms with Crippen molar-refractivity contribution in [2.75, 3.05) is 13.2 Å². The normalized spacial score (nSPS) is 12.2. The fraction of sp³-hybridized carbons (Fsp3) is 0.333. The topological polar surface area (TPSA) is 18.5 Å². The monoisotopic (exact) mass is 270 g/mol.